The van der Waals surface area contributed by atoms with E-state index in [-0.39, 0.29) is 16.8 Å². The summed E-state index contributed by atoms with van der Waals surface area (Å²) in [5, 5.41) is 24.4. The minimum Gasteiger partial charge on any atom is -0.507 e. The van der Waals surface area contributed by atoms with E-state index in [0.717, 1.165) is 34.9 Å². The van der Waals surface area contributed by atoms with Gasteiger partial charge in [0, 0.05) is 41.3 Å². The number of phenolic OH excluding ortho intramolecular Hbond substituents is 1. The third-order valence-electron chi connectivity index (χ3n) is 6.79. The molecule has 3 heterocycles. The van der Waals surface area contributed by atoms with E-state index in [1.54, 1.807) is 18.5 Å². The Balaban J connectivity index is 1.37. The lowest BCUT2D eigenvalue weighted by molar-refractivity contribution is 0.160. The Labute approximate surface area is 206 Å². The van der Waals surface area contributed by atoms with E-state index in [2.05, 4.69) is 64.1 Å². The van der Waals surface area contributed by atoms with Crippen LogP contribution in [0.25, 0.3) is 33.3 Å². The fourth-order valence-corrected chi connectivity index (χ4v) is 5.44. The number of hydrogen-bond donors (Lipinski definition) is 2. The number of nitrogens with one attached hydrogen (secondary N) is 1. The molecule has 0 atom stereocenters. The van der Waals surface area contributed by atoms with Crippen LogP contribution in [0.2, 0.25) is 0 Å². The Morgan fingerprint density at radius 3 is 2.31 bits per heavy atom. The van der Waals surface area contributed by atoms with Crippen molar-refractivity contribution in [2.75, 3.05) is 11.9 Å². The van der Waals surface area contributed by atoms with Crippen LogP contribution >= 0.6 is 0 Å². The van der Waals surface area contributed by atoms with Crippen LogP contribution in [0.1, 0.15) is 40.5 Å². The molecule has 0 saturated carbocycles. The van der Waals surface area contributed by atoms with Gasteiger partial charge < -0.3 is 15.3 Å². The van der Waals surface area contributed by atoms with Crippen molar-refractivity contribution in [3.05, 3.63) is 60.9 Å². The molecule has 7 heteroatoms. The molecule has 1 saturated heterocycles. The maximum Gasteiger partial charge on any atom is 0.245 e. The second-order valence-corrected chi connectivity index (χ2v) is 10.9. The molecule has 0 bridgehead atoms. The Kier molecular flexibility index (Phi) is 5.68. The SMILES string of the molecule is CN(c1ncc(-c2ccc(-c3ccc4ncccc4c3)cc2O)nn1)C1CC(C)(C)NC(C)(C)C1. The van der Waals surface area contributed by atoms with Crippen molar-refractivity contribution in [2.24, 2.45) is 0 Å². The average Bonchev–Trinajstić information content (AvgIpc) is 2.81. The van der Waals surface area contributed by atoms with Gasteiger partial charge in [-0.15, -0.1) is 10.2 Å². The highest BCUT2D eigenvalue weighted by molar-refractivity contribution is 5.85. The highest BCUT2D eigenvalue weighted by Gasteiger charge is 2.39. The zero-order valence-corrected chi connectivity index (χ0v) is 20.9. The van der Waals surface area contributed by atoms with Crippen molar-refractivity contribution in [1.82, 2.24) is 25.5 Å². The normalized spacial score (nSPS) is 17.4. The Morgan fingerprint density at radius 2 is 1.63 bits per heavy atom. The molecule has 0 spiro atoms. The van der Waals surface area contributed by atoms with Crippen molar-refractivity contribution >= 4 is 16.9 Å². The second-order valence-electron chi connectivity index (χ2n) is 10.9. The maximum absolute atomic E-state index is 10.8. The van der Waals surface area contributed by atoms with Crippen LogP contribution in [-0.2, 0) is 0 Å². The van der Waals surface area contributed by atoms with Gasteiger partial charge in [-0.05, 0) is 82.0 Å². The second kappa shape index (κ2) is 8.57. The minimum atomic E-state index is 0.0309. The van der Waals surface area contributed by atoms with Gasteiger partial charge in [0.25, 0.3) is 0 Å². The topological polar surface area (TPSA) is 87.1 Å². The lowest BCUT2D eigenvalue weighted by Gasteiger charge is -2.48. The molecule has 0 radical (unpaired) electrons. The van der Waals surface area contributed by atoms with Gasteiger partial charge in [-0.3, -0.25) is 4.98 Å². The number of pyridine rings is 1. The fraction of sp³-hybridized carbons (Fsp3) is 0.357. The summed E-state index contributed by atoms with van der Waals surface area (Å²) in [6.45, 7) is 8.94. The minimum absolute atomic E-state index is 0.0309. The number of phenols is 1. The zero-order valence-electron chi connectivity index (χ0n) is 20.9. The van der Waals surface area contributed by atoms with E-state index < -0.39 is 0 Å². The van der Waals surface area contributed by atoms with E-state index in [1.165, 1.54) is 0 Å². The number of anilines is 1. The van der Waals surface area contributed by atoms with Crippen LogP contribution in [0.3, 0.4) is 0 Å². The van der Waals surface area contributed by atoms with E-state index in [0.29, 0.717) is 23.2 Å². The summed E-state index contributed by atoms with van der Waals surface area (Å²) in [6.07, 6.45) is 5.46. The zero-order chi connectivity index (χ0) is 24.8. The number of aromatic hydroxyl groups is 1. The van der Waals surface area contributed by atoms with E-state index in [1.807, 2.05) is 43.4 Å². The molecule has 7 nitrogen and oxygen atoms in total. The Bertz CT molecular complexity index is 1350. The van der Waals surface area contributed by atoms with Gasteiger partial charge in [0.1, 0.15) is 11.4 Å². The van der Waals surface area contributed by atoms with Crippen LogP contribution in [0.4, 0.5) is 5.95 Å². The summed E-state index contributed by atoms with van der Waals surface area (Å²) in [7, 11) is 2.03. The number of nitrogens with zero attached hydrogens (tertiary/aromatic N) is 5. The molecule has 0 unspecified atom stereocenters. The molecule has 1 aliphatic rings. The maximum atomic E-state index is 10.8. The van der Waals surface area contributed by atoms with Crippen molar-refractivity contribution in [2.45, 2.75) is 57.7 Å². The van der Waals surface area contributed by atoms with Crippen LogP contribution in [0.15, 0.2) is 60.9 Å². The monoisotopic (exact) mass is 468 g/mol. The molecule has 35 heavy (non-hydrogen) atoms. The van der Waals surface area contributed by atoms with Crippen molar-refractivity contribution in [3.8, 4) is 28.1 Å². The molecular weight excluding hydrogens is 436 g/mol. The van der Waals surface area contributed by atoms with Gasteiger partial charge in [-0.1, -0.05) is 18.2 Å². The highest BCUT2D eigenvalue weighted by atomic mass is 16.3. The van der Waals surface area contributed by atoms with Gasteiger partial charge in [0.2, 0.25) is 5.95 Å². The van der Waals surface area contributed by atoms with Gasteiger partial charge in [0.15, 0.2) is 0 Å². The standard InChI is InChI=1S/C28H32N6O/c1-27(2)15-21(16-28(3,4)33-27)34(5)26-30-17-24(31-32-26)22-10-8-19(14-25(22)35)18-9-11-23-20(13-18)7-6-12-29-23/h6-14,17,21,33,35H,15-16H2,1-5H3. The molecule has 4 aromatic rings. The predicted molar refractivity (Wildman–Crippen MR) is 140 cm³/mol. The molecule has 1 fully saturated rings. The van der Waals surface area contributed by atoms with Gasteiger partial charge in [-0.25, -0.2) is 4.98 Å². The first kappa shape index (κ1) is 23.2. The van der Waals surface area contributed by atoms with Crippen molar-refractivity contribution in [1.29, 1.82) is 0 Å². The van der Waals surface area contributed by atoms with Crippen LogP contribution in [0, 0.1) is 0 Å². The largest absolute Gasteiger partial charge is 0.507 e. The summed E-state index contributed by atoms with van der Waals surface area (Å²) in [5.41, 5.74) is 4.09. The predicted octanol–water partition coefficient (Wildman–Crippen LogP) is 5.20. The molecular formula is C28H32N6O. The number of aromatic nitrogens is 4. The molecule has 180 valence electrons. The van der Waals surface area contributed by atoms with Crippen LogP contribution < -0.4 is 10.2 Å². The smallest absolute Gasteiger partial charge is 0.245 e. The molecule has 2 aromatic carbocycles. The lowest BCUT2D eigenvalue weighted by atomic mass is 9.79. The summed E-state index contributed by atoms with van der Waals surface area (Å²) in [5.74, 6) is 0.737. The van der Waals surface area contributed by atoms with Crippen LogP contribution in [-0.4, -0.2) is 49.4 Å². The lowest BCUT2D eigenvalue weighted by Crippen LogP contribution is -2.62. The molecule has 1 aliphatic heterocycles. The summed E-state index contributed by atoms with van der Waals surface area (Å²) in [6, 6.07) is 15.9. The third kappa shape index (κ3) is 4.82. The number of rotatable bonds is 4. The van der Waals surface area contributed by atoms with E-state index >= 15 is 0 Å². The quantitative estimate of drug-likeness (QED) is 0.425. The van der Waals surface area contributed by atoms with Gasteiger partial charge in [0.05, 0.1) is 11.7 Å². The number of benzene rings is 2. The van der Waals surface area contributed by atoms with Gasteiger partial charge in [-0.2, -0.15) is 0 Å². The molecule has 2 aromatic heterocycles. The van der Waals surface area contributed by atoms with Crippen molar-refractivity contribution in [3.63, 3.8) is 0 Å². The number of piperidine rings is 1. The molecule has 0 aliphatic carbocycles. The summed E-state index contributed by atoms with van der Waals surface area (Å²) >= 11 is 0. The average molecular weight is 469 g/mol. The fourth-order valence-electron chi connectivity index (χ4n) is 5.44. The Morgan fingerprint density at radius 1 is 0.914 bits per heavy atom. The Hall–Kier alpha value is -3.58. The number of hydrogen-bond acceptors (Lipinski definition) is 7. The first-order valence-electron chi connectivity index (χ1n) is 12.0. The van der Waals surface area contributed by atoms with Crippen LogP contribution in [0.5, 0.6) is 5.75 Å². The summed E-state index contributed by atoms with van der Waals surface area (Å²) < 4.78 is 0. The first-order valence-corrected chi connectivity index (χ1v) is 12.0. The molecule has 5 rings (SSSR count). The summed E-state index contributed by atoms with van der Waals surface area (Å²) in [4.78, 5) is 11.1. The van der Waals surface area contributed by atoms with E-state index in [9.17, 15) is 5.11 Å². The number of fused-ring (bicyclic) bond motifs is 1. The highest BCUT2D eigenvalue weighted by Crippen LogP contribution is 2.34. The van der Waals surface area contributed by atoms with Crippen molar-refractivity contribution < 1.29 is 5.11 Å². The molecule has 0 amide bonds. The first-order chi connectivity index (χ1) is 16.6. The van der Waals surface area contributed by atoms with Gasteiger partial charge >= 0.3 is 0 Å². The third-order valence-corrected chi connectivity index (χ3v) is 6.79. The molecule has 2 N–H and O–H groups in total. The van der Waals surface area contributed by atoms with E-state index in [4.69, 9.17) is 0 Å².